The fraction of sp³-hybridized carbons (Fsp3) is 0.667. The minimum Gasteiger partial charge on any atom is -0.229 e. The van der Waals surface area contributed by atoms with E-state index in [9.17, 15) is 8.42 Å². The largest absolute Gasteiger partial charge is 0.231 e. The number of primary sulfonamides is 1. The molecule has 0 fully saturated rings. The zero-order valence-electron chi connectivity index (χ0n) is 4.92. The zero-order valence-corrected chi connectivity index (χ0v) is 5.73. The maximum atomic E-state index is 9.78. The van der Waals surface area contributed by atoms with Crippen molar-refractivity contribution in [1.29, 1.82) is 5.41 Å². The lowest BCUT2D eigenvalue weighted by atomic mass is 11.0. The fourth-order valence-electron chi connectivity index (χ4n) is 0. The summed E-state index contributed by atoms with van der Waals surface area (Å²) in [6.45, 7) is 1.50. The highest BCUT2D eigenvalue weighted by Crippen LogP contribution is 1.68. The van der Waals surface area contributed by atoms with Crippen molar-refractivity contribution in [2.75, 3.05) is 5.75 Å². The lowest BCUT2D eigenvalue weighted by Crippen LogP contribution is -2.13. The van der Waals surface area contributed by atoms with Gasteiger partial charge in [0.15, 0.2) is 0 Å². The van der Waals surface area contributed by atoms with Crippen LogP contribution in [0.3, 0.4) is 0 Å². The van der Waals surface area contributed by atoms with Crippen LogP contribution in [0.2, 0.25) is 0 Å². The smallest absolute Gasteiger partial charge is 0.229 e. The van der Waals surface area contributed by atoms with Gasteiger partial charge in [0.05, 0.1) is 5.75 Å². The first kappa shape index (κ1) is 11.1. The van der Waals surface area contributed by atoms with Crippen molar-refractivity contribution in [3.8, 4) is 0 Å². The molecule has 0 heterocycles. The van der Waals surface area contributed by atoms with E-state index in [-0.39, 0.29) is 5.75 Å². The number of rotatable bonds is 1. The van der Waals surface area contributed by atoms with Gasteiger partial charge in [-0.3, -0.25) is 0 Å². The van der Waals surface area contributed by atoms with Crippen LogP contribution in [0.25, 0.3) is 0 Å². The van der Waals surface area contributed by atoms with Gasteiger partial charge in [-0.25, -0.2) is 23.8 Å². The van der Waals surface area contributed by atoms with Crippen LogP contribution in [-0.2, 0) is 14.8 Å². The molecule has 0 aromatic heterocycles. The van der Waals surface area contributed by atoms with E-state index in [1.165, 1.54) is 6.92 Å². The standard InChI is InChI=1S/C2H7NO2S.CHNO/c1-2-6(3,4)5;2-1-3/h2H2,1H3,(H2,3,4,5);2H. The maximum Gasteiger partial charge on any atom is 0.231 e. The molecule has 0 saturated heterocycles. The molecule has 0 aliphatic carbocycles. The van der Waals surface area contributed by atoms with Crippen LogP contribution in [0.1, 0.15) is 6.92 Å². The molecule has 6 heteroatoms. The predicted octanol–water partition coefficient (Wildman–Crippen LogP) is -0.804. The molecule has 54 valence electrons. The van der Waals surface area contributed by atoms with Crippen molar-refractivity contribution < 1.29 is 13.2 Å². The van der Waals surface area contributed by atoms with E-state index in [4.69, 9.17) is 10.2 Å². The number of carbonyl (C=O) groups excluding carboxylic acids is 1. The van der Waals surface area contributed by atoms with Gasteiger partial charge in [0, 0.05) is 0 Å². The quantitative estimate of drug-likeness (QED) is 0.379. The van der Waals surface area contributed by atoms with Gasteiger partial charge >= 0.3 is 0 Å². The predicted molar refractivity (Wildman–Crippen MR) is 32.1 cm³/mol. The summed E-state index contributed by atoms with van der Waals surface area (Å²) in [5.41, 5.74) is 0. The van der Waals surface area contributed by atoms with Gasteiger partial charge in [0.1, 0.15) is 0 Å². The van der Waals surface area contributed by atoms with E-state index >= 15 is 0 Å². The highest BCUT2D eigenvalue weighted by Gasteiger charge is 1.90. The molecule has 3 N–H and O–H groups in total. The summed E-state index contributed by atoms with van der Waals surface area (Å²) in [5.74, 6) is 0.0208. The van der Waals surface area contributed by atoms with Crippen LogP contribution in [0.5, 0.6) is 0 Å². The van der Waals surface area contributed by atoms with E-state index in [0.717, 1.165) is 6.08 Å². The summed E-state index contributed by atoms with van der Waals surface area (Å²) in [6.07, 6.45) is 0.750. The minimum atomic E-state index is -3.16. The van der Waals surface area contributed by atoms with Gasteiger partial charge in [0.2, 0.25) is 16.1 Å². The lowest BCUT2D eigenvalue weighted by molar-refractivity contribution is 0.562. The summed E-state index contributed by atoms with van der Waals surface area (Å²) >= 11 is 0. The van der Waals surface area contributed by atoms with Crippen LogP contribution in [0.15, 0.2) is 0 Å². The van der Waals surface area contributed by atoms with Gasteiger partial charge in [0.25, 0.3) is 0 Å². The lowest BCUT2D eigenvalue weighted by Gasteiger charge is -1.81. The Hall–Kier alpha value is -0.710. The van der Waals surface area contributed by atoms with E-state index in [1.54, 1.807) is 0 Å². The van der Waals surface area contributed by atoms with Gasteiger partial charge < -0.3 is 0 Å². The molecule has 0 amide bonds. The molecular formula is C3H8N2O3S. The first-order chi connectivity index (χ1) is 3.97. The van der Waals surface area contributed by atoms with E-state index < -0.39 is 10.0 Å². The number of nitrogens with one attached hydrogen (secondary N) is 1. The Morgan fingerprint density at radius 1 is 1.67 bits per heavy atom. The SMILES string of the molecule is CCS(N)(=O)=O.N=C=O. The molecule has 0 bridgehead atoms. The van der Waals surface area contributed by atoms with E-state index in [0.29, 0.717) is 0 Å². The zero-order chi connectivity index (χ0) is 7.91. The molecule has 0 saturated carbocycles. The molecule has 0 spiro atoms. The molecule has 0 rings (SSSR count). The van der Waals surface area contributed by atoms with Crippen LogP contribution in [-0.4, -0.2) is 20.3 Å². The summed E-state index contributed by atoms with van der Waals surface area (Å²) in [5, 5.41) is 9.91. The summed E-state index contributed by atoms with van der Waals surface area (Å²) in [4.78, 5) is 8.35. The third-order valence-corrected chi connectivity index (χ3v) is 1.21. The first-order valence-corrected chi connectivity index (χ1v) is 3.73. The Morgan fingerprint density at radius 3 is 1.78 bits per heavy atom. The monoisotopic (exact) mass is 152 g/mol. The van der Waals surface area contributed by atoms with Crippen molar-refractivity contribution in [2.24, 2.45) is 5.14 Å². The highest BCUT2D eigenvalue weighted by molar-refractivity contribution is 7.89. The van der Waals surface area contributed by atoms with Crippen molar-refractivity contribution in [3.63, 3.8) is 0 Å². The van der Waals surface area contributed by atoms with Gasteiger partial charge in [-0.1, -0.05) is 0 Å². The Kier molecular flexibility index (Phi) is 6.71. The van der Waals surface area contributed by atoms with Gasteiger partial charge in [-0.2, -0.15) is 0 Å². The second kappa shape index (κ2) is 5.43. The third-order valence-electron chi connectivity index (χ3n) is 0.402. The molecule has 9 heavy (non-hydrogen) atoms. The third kappa shape index (κ3) is 38.9. The molecule has 0 aromatic rings. The maximum absolute atomic E-state index is 9.78. The summed E-state index contributed by atoms with van der Waals surface area (Å²) in [6, 6.07) is 0. The summed E-state index contributed by atoms with van der Waals surface area (Å²) < 4.78 is 19.6. The molecule has 0 radical (unpaired) electrons. The van der Waals surface area contributed by atoms with Crippen molar-refractivity contribution >= 4 is 16.1 Å². The molecule has 5 nitrogen and oxygen atoms in total. The first-order valence-electron chi connectivity index (χ1n) is 2.02. The number of hydrogen-bond acceptors (Lipinski definition) is 4. The Labute approximate surface area is 53.4 Å². The van der Waals surface area contributed by atoms with Gasteiger partial charge in [-0.15, -0.1) is 0 Å². The van der Waals surface area contributed by atoms with Crippen molar-refractivity contribution in [3.05, 3.63) is 0 Å². The van der Waals surface area contributed by atoms with Crippen LogP contribution < -0.4 is 5.14 Å². The normalized spacial score (nSPS) is 8.67. The van der Waals surface area contributed by atoms with Crippen LogP contribution >= 0.6 is 0 Å². The van der Waals surface area contributed by atoms with Crippen molar-refractivity contribution in [2.45, 2.75) is 6.92 Å². The topological polar surface area (TPSA) is 101 Å². The molecule has 0 aliphatic rings. The Balaban J connectivity index is 0. The van der Waals surface area contributed by atoms with E-state index in [2.05, 4.69) is 5.14 Å². The molecule has 0 aromatic carbocycles. The van der Waals surface area contributed by atoms with Crippen LogP contribution in [0.4, 0.5) is 0 Å². The van der Waals surface area contributed by atoms with E-state index in [1.807, 2.05) is 0 Å². The molecule has 0 atom stereocenters. The number of hydrogen-bond donors (Lipinski definition) is 2. The minimum absolute atomic E-state index is 0.0208. The second-order valence-electron chi connectivity index (χ2n) is 1.05. The highest BCUT2D eigenvalue weighted by atomic mass is 32.2. The fourth-order valence-corrected chi connectivity index (χ4v) is 0. The Morgan fingerprint density at radius 2 is 1.78 bits per heavy atom. The molecule has 0 unspecified atom stereocenters. The summed E-state index contributed by atoms with van der Waals surface area (Å²) in [7, 11) is -3.16. The second-order valence-corrected chi connectivity index (χ2v) is 2.96. The average Bonchev–Trinajstić information content (AvgIpc) is 1.67. The van der Waals surface area contributed by atoms with Gasteiger partial charge in [-0.05, 0) is 6.92 Å². The number of sulfonamides is 1. The average molecular weight is 152 g/mol. The molecule has 0 aliphatic heterocycles. The Bertz CT molecular complexity index is 177. The number of isocyanates is 1. The molecular weight excluding hydrogens is 144 g/mol. The van der Waals surface area contributed by atoms with Crippen LogP contribution in [0, 0.1) is 5.41 Å². The number of nitrogens with two attached hydrogens (primary N) is 1. The van der Waals surface area contributed by atoms with Crippen molar-refractivity contribution in [1.82, 2.24) is 0 Å².